The molecule has 0 aromatic heterocycles. The van der Waals surface area contributed by atoms with Gasteiger partial charge in [-0.15, -0.1) is 0 Å². The molecule has 1 aliphatic rings. The molecule has 150 valence electrons. The van der Waals surface area contributed by atoms with E-state index in [-0.39, 0.29) is 16.5 Å². The Labute approximate surface area is 168 Å². The van der Waals surface area contributed by atoms with Crippen molar-refractivity contribution in [2.24, 2.45) is 5.92 Å². The molecular formula is C23H23ClF4. The minimum absolute atomic E-state index is 0.193. The molecule has 3 rings (SSSR count). The van der Waals surface area contributed by atoms with E-state index in [1.165, 1.54) is 25.0 Å². The number of benzene rings is 2. The smallest absolute Gasteiger partial charge is 0.169 e. The van der Waals surface area contributed by atoms with Crippen molar-refractivity contribution in [3.05, 3.63) is 69.7 Å². The molecule has 1 fully saturated rings. The Hall–Kier alpha value is -1.81. The first kappa shape index (κ1) is 20.9. The monoisotopic (exact) mass is 410 g/mol. The summed E-state index contributed by atoms with van der Waals surface area (Å²) in [5, 5.41) is -0.193. The lowest BCUT2D eigenvalue weighted by Gasteiger charge is -2.28. The molecule has 0 amide bonds. The Morgan fingerprint density at radius 1 is 0.929 bits per heavy atom. The number of hydrogen-bond acceptors (Lipinski definition) is 0. The van der Waals surface area contributed by atoms with Crippen molar-refractivity contribution in [3.8, 4) is 0 Å². The molecule has 0 radical (unpaired) electrons. The van der Waals surface area contributed by atoms with Crippen molar-refractivity contribution in [2.45, 2.75) is 51.4 Å². The van der Waals surface area contributed by atoms with Crippen molar-refractivity contribution in [2.75, 3.05) is 0 Å². The number of halogens is 5. The van der Waals surface area contributed by atoms with Gasteiger partial charge in [-0.2, -0.15) is 0 Å². The average Bonchev–Trinajstić information content (AvgIpc) is 2.70. The molecule has 1 saturated carbocycles. The SMILES string of the molecule is CCCC1CCC(c2ccc(/C(F)=C(\F)c3ccc(Cl)c(F)c3)c(F)c2)CC1. The summed E-state index contributed by atoms with van der Waals surface area (Å²) >= 11 is 5.56. The molecule has 0 saturated heterocycles. The Morgan fingerprint density at radius 2 is 1.64 bits per heavy atom. The average molecular weight is 411 g/mol. The molecule has 1 aliphatic carbocycles. The Bertz CT molecular complexity index is 867. The highest BCUT2D eigenvalue weighted by atomic mass is 35.5. The molecule has 28 heavy (non-hydrogen) atoms. The van der Waals surface area contributed by atoms with E-state index in [2.05, 4.69) is 6.92 Å². The van der Waals surface area contributed by atoms with E-state index in [9.17, 15) is 17.6 Å². The maximum absolute atomic E-state index is 14.5. The lowest BCUT2D eigenvalue weighted by atomic mass is 9.77. The molecule has 0 nitrogen and oxygen atoms in total. The van der Waals surface area contributed by atoms with Crippen LogP contribution in [0.2, 0.25) is 5.02 Å². The molecule has 0 unspecified atom stereocenters. The van der Waals surface area contributed by atoms with E-state index in [0.29, 0.717) is 0 Å². The number of hydrogen-bond donors (Lipinski definition) is 0. The van der Waals surface area contributed by atoms with Gasteiger partial charge in [0.15, 0.2) is 11.7 Å². The van der Waals surface area contributed by atoms with E-state index in [0.717, 1.165) is 55.4 Å². The fourth-order valence-electron chi connectivity index (χ4n) is 4.03. The first-order valence-corrected chi connectivity index (χ1v) is 10.1. The van der Waals surface area contributed by atoms with Gasteiger partial charge in [-0.1, -0.05) is 43.5 Å². The third kappa shape index (κ3) is 4.60. The second kappa shape index (κ2) is 9.13. The van der Waals surface area contributed by atoms with Crippen LogP contribution in [-0.4, -0.2) is 0 Å². The minimum atomic E-state index is -1.35. The van der Waals surface area contributed by atoms with Crippen molar-refractivity contribution in [3.63, 3.8) is 0 Å². The topological polar surface area (TPSA) is 0 Å². The van der Waals surface area contributed by atoms with Crippen molar-refractivity contribution in [1.29, 1.82) is 0 Å². The molecule has 0 atom stereocenters. The predicted octanol–water partition coefficient (Wildman–Crippen LogP) is 8.46. The zero-order chi connectivity index (χ0) is 20.3. The Kier molecular flexibility index (Phi) is 6.82. The van der Waals surface area contributed by atoms with Crippen LogP contribution in [0, 0.1) is 17.6 Å². The highest BCUT2D eigenvalue weighted by Gasteiger charge is 2.23. The predicted molar refractivity (Wildman–Crippen MR) is 106 cm³/mol. The van der Waals surface area contributed by atoms with Gasteiger partial charge < -0.3 is 0 Å². The van der Waals surface area contributed by atoms with Crippen molar-refractivity contribution in [1.82, 2.24) is 0 Å². The molecule has 2 aromatic carbocycles. The summed E-state index contributed by atoms with van der Waals surface area (Å²) in [6.45, 7) is 2.18. The van der Waals surface area contributed by atoms with Gasteiger partial charge in [-0.3, -0.25) is 0 Å². The summed E-state index contributed by atoms with van der Waals surface area (Å²) in [4.78, 5) is 0. The molecule has 0 bridgehead atoms. The van der Waals surface area contributed by atoms with Gasteiger partial charge in [-0.25, -0.2) is 17.6 Å². The molecule has 0 N–H and O–H groups in total. The molecule has 0 spiro atoms. The van der Waals surface area contributed by atoms with Crippen LogP contribution in [0.1, 0.15) is 68.1 Å². The van der Waals surface area contributed by atoms with Crippen LogP contribution in [0.25, 0.3) is 11.7 Å². The van der Waals surface area contributed by atoms with E-state index in [1.54, 1.807) is 6.07 Å². The van der Waals surface area contributed by atoms with Crippen LogP contribution in [0.3, 0.4) is 0 Å². The van der Waals surface area contributed by atoms with Crippen LogP contribution in [0.4, 0.5) is 17.6 Å². The standard InChI is InChI=1S/C23H23ClF4/c1-2-3-14-4-6-15(7-5-14)16-8-10-18(20(25)12-16)23(28)22(27)17-9-11-19(24)21(26)13-17/h8-15H,2-7H2,1H3/b23-22+. The third-order valence-electron chi connectivity index (χ3n) is 5.61. The van der Waals surface area contributed by atoms with E-state index < -0.39 is 28.9 Å². The highest BCUT2D eigenvalue weighted by Crippen LogP contribution is 2.39. The summed E-state index contributed by atoms with van der Waals surface area (Å²) in [7, 11) is 0. The first-order chi connectivity index (χ1) is 13.4. The van der Waals surface area contributed by atoms with E-state index >= 15 is 0 Å². The summed E-state index contributed by atoms with van der Waals surface area (Å²) in [6, 6.07) is 7.31. The first-order valence-electron chi connectivity index (χ1n) is 9.71. The molecular weight excluding hydrogens is 388 g/mol. The quantitative estimate of drug-likeness (QED) is 0.342. The zero-order valence-electron chi connectivity index (χ0n) is 15.8. The fourth-order valence-corrected chi connectivity index (χ4v) is 4.15. The van der Waals surface area contributed by atoms with Gasteiger partial charge in [-0.05, 0) is 67.3 Å². The lowest BCUT2D eigenvalue weighted by molar-refractivity contribution is 0.308. The van der Waals surface area contributed by atoms with Crippen molar-refractivity contribution < 1.29 is 17.6 Å². The van der Waals surface area contributed by atoms with E-state index in [1.807, 2.05) is 0 Å². The summed E-state index contributed by atoms with van der Waals surface area (Å²) < 4.78 is 57.0. The lowest BCUT2D eigenvalue weighted by Crippen LogP contribution is -2.13. The molecule has 0 aliphatic heterocycles. The second-order valence-corrected chi connectivity index (χ2v) is 7.91. The van der Waals surface area contributed by atoms with Crippen LogP contribution in [-0.2, 0) is 0 Å². The Morgan fingerprint density at radius 3 is 2.25 bits per heavy atom. The Balaban J connectivity index is 1.81. The van der Waals surface area contributed by atoms with Crippen LogP contribution in [0.15, 0.2) is 36.4 Å². The fraction of sp³-hybridized carbons (Fsp3) is 0.391. The summed E-state index contributed by atoms with van der Waals surface area (Å²) in [6.07, 6.45) is 6.61. The summed E-state index contributed by atoms with van der Waals surface area (Å²) in [5.41, 5.74) is 0.0374. The van der Waals surface area contributed by atoms with Crippen LogP contribution in [0.5, 0.6) is 0 Å². The number of rotatable bonds is 5. The maximum atomic E-state index is 14.5. The largest absolute Gasteiger partial charge is 0.206 e. The van der Waals surface area contributed by atoms with Gasteiger partial charge in [0.1, 0.15) is 11.6 Å². The van der Waals surface area contributed by atoms with Gasteiger partial charge in [0.05, 0.1) is 5.02 Å². The van der Waals surface area contributed by atoms with E-state index in [4.69, 9.17) is 11.6 Å². The molecule has 2 aromatic rings. The molecule has 5 heteroatoms. The van der Waals surface area contributed by atoms with Gasteiger partial charge >= 0.3 is 0 Å². The second-order valence-electron chi connectivity index (χ2n) is 7.50. The summed E-state index contributed by atoms with van der Waals surface area (Å²) in [5.74, 6) is -3.36. The minimum Gasteiger partial charge on any atom is -0.206 e. The van der Waals surface area contributed by atoms with Crippen LogP contribution < -0.4 is 0 Å². The highest BCUT2D eigenvalue weighted by molar-refractivity contribution is 6.30. The maximum Gasteiger partial charge on any atom is 0.169 e. The zero-order valence-corrected chi connectivity index (χ0v) is 16.5. The van der Waals surface area contributed by atoms with Crippen molar-refractivity contribution >= 4 is 23.3 Å². The van der Waals surface area contributed by atoms with Gasteiger partial charge in [0, 0.05) is 11.1 Å². The van der Waals surface area contributed by atoms with Gasteiger partial charge in [0.2, 0.25) is 0 Å². The van der Waals surface area contributed by atoms with Gasteiger partial charge in [0.25, 0.3) is 0 Å². The van der Waals surface area contributed by atoms with Crippen LogP contribution >= 0.6 is 11.6 Å². The normalized spacial score (nSPS) is 20.8. The third-order valence-corrected chi connectivity index (χ3v) is 5.92. The molecule has 0 heterocycles.